The van der Waals surface area contributed by atoms with Gasteiger partial charge in [-0.3, -0.25) is 14.5 Å². The van der Waals surface area contributed by atoms with Crippen molar-refractivity contribution in [1.29, 1.82) is 0 Å². The van der Waals surface area contributed by atoms with Crippen LogP contribution in [-0.2, 0) is 17.8 Å². The Balaban J connectivity index is 1.28. The van der Waals surface area contributed by atoms with Crippen molar-refractivity contribution in [3.63, 3.8) is 0 Å². The number of amides is 1. The molecule has 9 nitrogen and oxygen atoms in total. The van der Waals surface area contributed by atoms with E-state index >= 15 is 0 Å². The number of nitrogens with zero attached hydrogens (tertiary/aromatic N) is 4. The summed E-state index contributed by atoms with van der Waals surface area (Å²) in [4.78, 5) is 27.7. The topological polar surface area (TPSA) is 128 Å². The zero-order valence-electron chi connectivity index (χ0n) is 19.1. The normalized spacial score (nSPS) is 20.0. The predicted molar refractivity (Wildman–Crippen MR) is 133 cm³/mol. The highest BCUT2D eigenvalue weighted by Gasteiger charge is 2.27. The number of nitrogens with one attached hydrogen (secondary N) is 1. The minimum Gasteiger partial charge on any atom is -0.393 e. The molecule has 0 saturated heterocycles. The Morgan fingerprint density at radius 3 is 2.74 bits per heavy atom. The number of aliphatic hydroxyl groups excluding tert-OH is 1. The minimum absolute atomic E-state index is 0.208. The van der Waals surface area contributed by atoms with Crippen LogP contribution in [-0.4, -0.2) is 43.1 Å². The number of carbonyl (C=O) groups excluding carboxylic acids is 1. The lowest BCUT2D eigenvalue weighted by molar-refractivity contribution is 0.102. The SMILES string of the molecule is Nc1nccn2c(C3CCC(O)CC3)nc(-c3ccc(C(=O)Nc4nc5c(s4)COCC5)cc3)c12. The molecule has 6 rings (SSSR count). The Morgan fingerprint density at radius 2 is 1.97 bits per heavy atom. The lowest BCUT2D eigenvalue weighted by Crippen LogP contribution is -2.18. The quantitative estimate of drug-likeness (QED) is 0.397. The molecule has 1 fully saturated rings. The zero-order chi connectivity index (χ0) is 23.9. The van der Waals surface area contributed by atoms with Crippen LogP contribution in [0.2, 0.25) is 0 Å². The van der Waals surface area contributed by atoms with Gasteiger partial charge in [0.25, 0.3) is 5.91 Å². The summed E-state index contributed by atoms with van der Waals surface area (Å²) in [6.45, 7) is 1.22. The fourth-order valence-corrected chi connectivity index (χ4v) is 5.88. The molecule has 10 heteroatoms. The molecule has 0 spiro atoms. The molecule has 1 aromatic carbocycles. The number of rotatable bonds is 4. The van der Waals surface area contributed by atoms with Crippen molar-refractivity contribution >= 4 is 33.7 Å². The first-order valence-corrected chi connectivity index (χ1v) is 12.7. The second kappa shape index (κ2) is 9.03. The molecular formula is C25H26N6O3S. The summed E-state index contributed by atoms with van der Waals surface area (Å²) in [5.41, 5.74) is 10.2. The van der Waals surface area contributed by atoms with Crippen LogP contribution in [0.4, 0.5) is 10.9 Å². The highest BCUT2D eigenvalue weighted by Crippen LogP contribution is 2.37. The van der Waals surface area contributed by atoms with Gasteiger partial charge < -0.3 is 15.6 Å². The van der Waals surface area contributed by atoms with Gasteiger partial charge in [-0.05, 0) is 37.8 Å². The standard InChI is InChI=1S/C25H26N6O3S/c26-22-21-20(29-23(31(21)11-10-27-22)15-5-7-17(32)8-6-15)14-1-3-16(4-2-14)24(33)30-25-28-18-9-12-34-13-19(18)35-25/h1-4,10-11,15,17,32H,5-9,12-13H2,(H2,26,27)(H,28,30,33). The van der Waals surface area contributed by atoms with Gasteiger partial charge in [-0.25, -0.2) is 15.0 Å². The number of hydrogen-bond donors (Lipinski definition) is 3. The number of benzene rings is 1. The first-order chi connectivity index (χ1) is 17.1. The summed E-state index contributed by atoms with van der Waals surface area (Å²) in [5.74, 6) is 1.40. The predicted octanol–water partition coefficient (Wildman–Crippen LogP) is 3.78. The van der Waals surface area contributed by atoms with Crippen molar-refractivity contribution in [2.75, 3.05) is 17.7 Å². The summed E-state index contributed by atoms with van der Waals surface area (Å²) in [7, 11) is 0. The summed E-state index contributed by atoms with van der Waals surface area (Å²) in [6, 6.07) is 7.35. The molecule has 1 saturated carbocycles. The van der Waals surface area contributed by atoms with E-state index in [1.165, 1.54) is 11.3 Å². The smallest absolute Gasteiger partial charge is 0.257 e. The highest BCUT2D eigenvalue weighted by atomic mass is 32.1. The molecule has 0 atom stereocenters. The first kappa shape index (κ1) is 22.1. The number of hydrogen-bond acceptors (Lipinski definition) is 8. The summed E-state index contributed by atoms with van der Waals surface area (Å²) >= 11 is 1.46. The third kappa shape index (κ3) is 4.18. The second-order valence-electron chi connectivity index (χ2n) is 9.08. The maximum atomic E-state index is 12.8. The number of aliphatic hydroxyl groups is 1. The van der Waals surface area contributed by atoms with Gasteiger partial charge in [0.1, 0.15) is 22.9 Å². The first-order valence-electron chi connectivity index (χ1n) is 11.9. The fourth-order valence-electron chi connectivity index (χ4n) is 4.94. The lowest BCUT2D eigenvalue weighted by atomic mass is 9.87. The van der Waals surface area contributed by atoms with Gasteiger partial charge in [0.2, 0.25) is 0 Å². The summed E-state index contributed by atoms with van der Waals surface area (Å²) in [5, 5.41) is 13.4. The molecule has 180 valence electrons. The lowest BCUT2D eigenvalue weighted by Gasteiger charge is -2.24. The van der Waals surface area contributed by atoms with E-state index in [2.05, 4.69) is 15.3 Å². The van der Waals surface area contributed by atoms with Crippen molar-refractivity contribution in [2.45, 2.75) is 50.7 Å². The van der Waals surface area contributed by atoms with Crippen molar-refractivity contribution in [3.8, 4) is 11.3 Å². The second-order valence-corrected chi connectivity index (χ2v) is 10.2. The Labute approximate surface area is 206 Å². The Morgan fingerprint density at radius 1 is 1.17 bits per heavy atom. The Bertz CT molecular complexity index is 1360. The van der Waals surface area contributed by atoms with Gasteiger partial charge in [0, 0.05) is 35.9 Å². The van der Waals surface area contributed by atoms with Gasteiger partial charge >= 0.3 is 0 Å². The summed E-state index contributed by atoms with van der Waals surface area (Å²) < 4.78 is 7.49. The van der Waals surface area contributed by atoms with Crippen LogP contribution in [0.5, 0.6) is 0 Å². The van der Waals surface area contributed by atoms with E-state index in [1.807, 2.05) is 22.7 Å². The number of ether oxygens (including phenoxy) is 1. The third-order valence-corrected chi connectivity index (χ3v) is 7.79. The maximum Gasteiger partial charge on any atom is 0.257 e. The molecule has 35 heavy (non-hydrogen) atoms. The molecule has 4 aromatic rings. The number of nitrogens with two attached hydrogens (primary N) is 1. The van der Waals surface area contributed by atoms with Gasteiger partial charge in [-0.15, -0.1) is 0 Å². The third-order valence-electron chi connectivity index (χ3n) is 6.81. The van der Waals surface area contributed by atoms with Gasteiger partial charge in [0.05, 0.1) is 29.9 Å². The average molecular weight is 491 g/mol. The molecule has 1 aliphatic heterocycles. The Kier molecular flexibility index (Phi) is 5.71. The largest absolute Gasteiger partial charge is 0.393 e. The molecule has 1 amide bonds. The van der Waals surface area contributed by atoms with Gasteiger partial charge in [0.15, 0.2) is 5.13 Å². The number of carbonyl (C=O) groups is 1. The molecule has 3 aromatic heterocycles. The zero-order valence-corrected chi connectivity index (χ0v) is 19.9. The van der Waals surface area contributed by atoms with Crippen molar-refractivity contribution in [1.82, 2.24) is 19.4 Å². The Hall–Kier alpha value is -3.34. The van der Waals surface area contributed by atoms with E-state index in [1.54, 1.807) is 18.3 Å². The molecule has 0 bridgehead atoms. The van der Waals surface area contributed by atoms with Crippen LogP contribution < -0.4 is 11.1 Å². The number of aromatic nitrogens is 4. The van der Waals surface area contributed by atoms with Crippen LogP contribution in [0.1, 0.15) is 58.4 Å². The maximum absolute atomic E-state index is 12.8. The fraction of sp³-hybridized carbons (Fsp3) is 0.360. The summed E-state index contributed by atoms with van der Waals surface area (Å²) in [6.07, 6.45) is 7.43. The monoisotopic (exact) mass is 490 g/mol. The molecule has 2 aliphatic rings. The number of anilines is 2. The van der Waals surface area contributed by atoms with E-state index in [9.17, 15) is 9.90 Å². The van der Waals surface area contributed by atoms with E-state index in [4.69, 9.17) is 15.5 Å². The van der Waals surface area contributed by atoms with Gasteiger partial charge in [-0.2, -0.15) is 0 Å². The van der Waals surface area contributed by atoms with Crippen LogP contribution in [0.3, 0.4) is 0 Å². The highest BCUT2D eigenvalue weighted by molar-refractivity contribution is 7.15. The van der Waals surface area contributed by atoms with Crippen LogP contribution in [0, 0.1) is 0 Å². The number of imidazole rings is 1. The molecule has 4 N–H and O–H groups in total. The van der Waals surface area contributed by atoms with Crippen molar-refractivity contribution < 1.29 is 14.6 Å². The average Bonchev–Trinajstić information content (AvgIpc) is 3.47. The van der Waals surface area contributed by atoms with E-state index in [-0.39, 0.29) is 17.9 Å². The van der Waals surface area contributed by atoms with Gasteiger partial charge in [-0.1, -0.05) is 23.5 Å². The molecular weight excluding hydrogens is 464 g/mol. The van der Waals surface area contributed by atoms with Crippen molar-refractivity contribution in [2.24, 2.45) is 0 Å². The number of fused-ring (bicyclic) bond motifs is 2. The van der Waals surface area contributed by atoms with E-state index in [0.29, 0.717) is 29.7 Å². The van der Waals surface area contributed by atoms with Crippen molar-refractivity contribution in [3.05, 3.63) is 58.6 Å². The minimum atomic E-state index is -0.231. The molecule has 4 heterocycles. The molecule has 0 unspecified atom stereocenters. The van der Waals surface area contributed by atoms with Crippen LogP contribution in [0.25, 0.3) is 16.8 Å². The number of nitrogen functional groups attached to an aromatic ring is 1. The molecule has 1 aliphatic carbocycles. The van der Waals surface area contributed by atoms with E-state index < -0.39 is 0 Å². The van der Waals surface area contributed by atoms with E-state index in [0.717, 1.165) is 65.3 Å². The number of thiazole rings is 1. The molecule has 0 radical (unpaired) electrons. The van der Waals surface area contributed by atoms with Crippen LogP contribution >= 0.6 is 11.3 Å². The van der Waals surface area contributed by atoms with Crippen LogP contribution in [0.15, 0.2) is 36.7 Å².